The normalized spacial score (nSPS) is 17.3. The van der Waals surface area contributed by atoms with Crippen LogP contribution in [0, 0.1) is 0 Å². The number of benzene rings is 1. The first-order valence-electron chi connectivity index (χ1n) is 7.34. The van der Waals surface area contributed by atoms with E-state index in [0.717, 1.165) is 37.0 Å². The highest BCUT2D eigenvalue weighted by molar-refractivity contribution is 5.89. The van der Waals surface area contributed by atoms with Gasteiger partial charge in [-0.1, -0.05) is 36.8 Å². The van der Waals surface area contributed by atoms with Crippen LogP contribution in [0.3, 0.4) is 0 Å². The first-order valence-corrected chi connectivity index (χ1v) is 7.34. The van der Waals surface area contributed by atoms with Gasteiger partial charge in [0.25, 0.3) is 0 Å². The van der Waals surface area contributed by atoms with Gasteiger partial charge in [0.2, 0.25) is 0 Å². The molecule has 1 N–H and O–H groups in total. The maximum Gasteiger partial charge on any atom is 0.335 e. The highest BCUT2D eigenvalue weighted by Crippen LogP contribution is 2.25. The van der Waals surface area contributed by atoms with E-state index in [2.05, 4.69) is 24.4 Å². The third-order valence-electron chi connectivity index (χ3n) is 3.84. The molecule has 1 aliphatic carbocycles. The average Bonchev–Trinajstić information content (AvgIpc) is 2.73. The molecule has 0 saturated heterocycles. The van der Waals surface area contributed by atoms with Gasteiger partial charge in [-0.05, 0) is 38.2 Å². The molecule has 0 saturated carbocycles. The fourth-order valence-corrected chi connectivity index (χ4v) is 2.68. The van der Waals surface area contributed by atoms with Gasteiger partial charge in [-0.15, -0.1) is 0 Å². The minimum absolute atomic E-state index is 0.185. The predicted octanol–water partition coefficient (Wildman–Crippen LogP) is 3.73. The molecule has 20 heavy (non-hydrogen) atoms. The van der Waals surface area contributed by atoms with E-state index in [1.807, 2.05) is 18.2 Å². The predicted molar refractivity (Wildman–Crippen MR) is 80.1 cm³/mol. The summed E-state index contributed by atoms with van der Waals surface area (Å²) in [5, 5.41) is 3.52. The fraction of sp³-hybridized carbons (Fsp3) is 0.471. The minimum Gasteiger partial charge on any atom is -0.466 e. The van der Waals surface area contributed by atoms with Crippen molar-refractivity contribution in [2.45, 2.75) is 45.1 Å². The third kappa shape index (κ3) is 3.62. The number of hydrogen-bond acceptors (Lipinski definition) is 3. The Kier molecular flexibility index (Phi) is 5.22. The Bertz CT molecular complexity index is 479. The quantitative estimate of drug-likeness (QED) is 0.849. The summed E-state index contributed by atoms with van der Waals surface area (Å²) >= 11 is 0. The molecule has 0 amide bonds. The van der Waals surface area contributed by atoms with E-state index in [-0.39, 0.29) is 12.0 Å². The standard InChI is InChI=1S/C17H23NO2/c1-13(14-9-5-3-6-10-14)18-16-12-8-4-7-11-15(16)17(19)20-2/h3,5-6,9-10,13,18H,4,7-8,11-12H2,1-2H3/t13-/m1/s1. The summed E-state index contributed by atoms with van der Waals surface area (Å²) in [5.74, 6) is -0.185. The number of hydrogen-bond donors (Lipinski definition) is 1. The molecule has 1 aromatic carbocycles. The van der Waals surface area contributed by atoms with Crippen LogP contribution < -0.4 is 5.32 Å². The van der Waals surface area contributed by atoms with E-state index >= 15 is 0 Å². The van der Waals surface area contributed by atoms with Crippen molar-refractivity contribution in [3.8, 4) is 0 Å². The number of ether oxygens (including phenoxy) is 1. The van der Waals surface area contributed by atoms with Crippen molar-refractivity contribution in [2.75, 3.05) is 7.11 Å². The van der Waals surface area contributed by atoms with Crippen molar-refractivity contribution in [1.29, 1.82) is 0 Å². The van der Waals surface area contributed by atoms with Crippen LogP contribution >= 0.6 is 0 Å². The van der Waals surface area contributed by atoms with Gasteiger partial charge in [0.05, 0.1) is 12.7 Å². The highest BCUT2D eigenvalue weighted by Gasteiger charge is 2.19. The number of rotatable bonds is 4. The molecule has 0 heterocycles. The summed E-state index contributed by atoms with van der Waals surface area (Å²) in [5.41, 5.74) is 3.12. The van der Waals surface area contributed by atoms with Crippen LogP contribution in [-0.4, -0.2) is 13.1 Å². The molecule has 0 bridgehead atoms. The summed E-state index contributed by atoms with van der Waals surface area (Å²) in [7, 11) is 1.46. The zero-order valence-electron chi connectivity index (χ0n) is 12.3. The molecule has 1 atom stereocenters. The molecular formula is C17H23NO2. The molecule has 0 spiro atoms. The van der Waals surface area contributed by atoms with Gasteiger partial charge in [-0.3, -0.25) is 0 Å². The van der Waals surface area contributed by atoms with E-state index in [1.165, 1.54) is 19.1 Å². The third-order valence-corrected chi connectivity index (χ3v) is 3.84. The van der Waals surface area contributed by atoms with Gasteiger partial charge in [0.1, 0.15) is 0 Å². The number of carbonyl (C=O) groups excluding carboxylic acids is 1. The van der Waals surface area contributed by atoms with Gasteiger partial charge in [-0.2, -0.15) is 0 Å². The maximum absolute atomic E-state index is 11.9. The summed E-state index contributed by atoms with van der Waals surface area (Å²) in [6, 6.07) is 10.5. The molecular weight excluding hydrogens is 250 g/mol. The second kappa shape index (κ2) is 7.13. The molecule has 2 rings (SSSR count). The lowest BCUT2D eigenvalue weighted by molar-refractivity contribution is -0.136. The van der Waals surface area contributed by atoms with Crippen molar-refractivity contribution < 1.29 is 9.53 Å². The average molecular weight is 273 g/mol. The molecule has 3 heteroatoms. The van der Waals surface area contributed by atoms with E-state index in [4.69, 9.17) is 4.74 Å². The Morgan fingerprint density at radius 3 is 2.55 bits per heavy atom. The van der Waals surface area contributed by atoms with Crippen LogP contribution in [0.4, 0.5) is 0 Å². The van der Waals surface area contributed by atoms with Gasteiger partial charge < -0.3 is 10.1 Å². The summed E-state index contributed by atoms with van der Waals surface area (Å²) < 4.78 is 4.93. The molecule has 0 unspecified atom stereocenters. The Morgan fingerprint density at radius 2 is 1.85 bits per heavy atom. The van der Waals surface area contributed by atoms with E-state index in [9.17, 15) is 4.79 Å². The van der Waals surface area contributed by atoms with Crippen LogP contribution in [0.1, 0.15) is 50.6 Å². The smallest absolute Gasteiger partial charge is 0.335 e. The van der Waals surface area contributed by atoms with Crippen LogP contribution in [0.2, 0.25) is 0 Å². The number of nitrogens with one attached hydrogen (secondary N) is 1. The van der Waals surface area contributed by atoms with E-state index in [1.54, 1.807) is 0 Å². The van der Waals surface area contributed by atoms with Gasteiger partial charge in [-0.25, -0.2) is 4.79 Å². The van der Waals surface area contributed by atoms with Gasteiger partial charge >= 0.3 is 5.97 Å². The number of methoxy groups -OCH3 is 1. The first-order chi connectivity index (χ1) is 9.72. The van der Waals surface area contributed by atoms with Crippen molar-refractivity contribution in [1.82, 2.24) is 5.32 Å². The Labute approximate surface area is 121 Å². The van der Waals surface area contributed by atoms with Crippen LogP contribution in [-0.2, 0) is 9.53 Å². The summed E-state index contributed by atoms with van der Waals surface area (Å²) in [6.45, 7) is 2.13. The maximum atomic E-state index is 11.9. The highest BCUT2D eigenvalue weighted by atomic mass is 16.5. The van der Waals surface area contributed by atoms with Crippen molar-refractivity contribution in [2.24, 2.45) is 0 Å². The largest absolute Gasteiger partial charge is 0.466 e. The van der Waals surface area contributed by atoms with Gasteiger partial charge in [0, 0.05) is 11.7 Å². The first kappa shape index (κ1) is 14.6. The molecule has 1 aliphatic rings. The Morgan fingerprint density at radius 1 is 1.15 bits per heavy atom. The van der Waals surface area contributed by atoms with Crippen molar-refractivity contribution in [3.05, 3.63) is 47.2 Å². The van der Waals surface area contributed by atoms with Crippen LogP contribution in [0.5, 0.6) is 0 Å². The number of esters is 1. The fourth-order valence-electron chi connectivity index (χ4n) is 2.68. The number of allylic oxidation sites excluding steroid dienone is 1. The molecule has 0 aromatic heterocycles. The lowest BCUT2D eigenvalue weighted by atomic mass is 10.1. The topological polar surface area (TPSA) is 38.3 Å². The molecule has 0 fully saturated rings. The van der Waals surface area contributed by atoms with E-state index in [0.29, 0.717) is 0 Å². The van der Waals surface area contributed by atoms with E-state index < -0.39 is 0 Å². The van der Waals surface area contributed by atoms with Crippen molar-refractivity contribution in [3.63, 3.8) is 0 Å². The lowest BCUT2D eigenvalue weighted by Gasteiger charge is -2.20. The zero-order valence-corrected chi connectivity index (χ0v) is 12.3. The van der Waals surface area contributed by atoms with Crippen LogP contribution in [0.25, 0.3) is 0 Å². The summed E-state index contributed by atoms with van der Waals surface area (Å²) in [4.78, 5) is 11.9. The molecule has 0 aliphatic heterocycles. The monoisotopic (exact) mass is 273 g/mol. The second-order valence-electron chi connectivity index (χ2n) is 5.29. The van der Waals surface area contributed by atoms with Crippen LogP contribution in [0.15, 0.2) is 41.6 Å². The molecule has 1 aromatic rings. The number of carbonyl (C=O) groups is 1. The Hall–Kier alpha value is -1.77. The molecule has 108 valence electrons. The molecule has 3 nitrogen and oxygen atoms in total. The van der Waals surface area contributed by atoms with Gasteiger partial charge in [0.15, 0.2) is 0 Å². The SMILES string of the molecule is COC(=O)C1=C(N[C@H](C)c2ccccc2)CCCCC1. The lowest BCUT2D eigenvalue weighted by Crippen LogP contribution is -2.22. The summed E-state index contributed by atoms with van der Waals surface area (Å²) in [6.07, 6.45) is 5.11. The molecule has 0 radical (unpaired) electrons. The Balaban J connectivity index is 2.18. The van der Waals surface area contributed by atoms with Crippen molar-refractivity contribution >= 4 is 5.97 Å². The second-order valence-corrected chi connectivity index (χ2v) is 5.29. The minimum atomic E-state index is -0.185. The zero-order chi connectivity index (χ0) is 14.4.